The number of carbonyl (C=O) groups is 2. The Kier molecular flexibility index (Phi) is 5.39. The number of sulfonamides is 1. The Balaban J connectivity index is 2.69. The summed E-state index contributed by atoms with van der Waals surface area (Å²) in [6, 6.07) is 0. The first-order chi connectivity index (χ1) is 8.88. The summed E-state index contributed by atoms with van der Waals surface area (Å²) in [4.78, 5) is 25.4. The Labute approximate surface area is 113 Å². The molecular weight excluding hydrogens is 294 g/mol. The van der Waals surface area contributed by atoms with Crippen molar-refractivity contribution in [2.75, 3.05) is 13.1 Å². The number of thiazole rings is 1. The molecule has 0 unspecified atom stereocenters. The van der Waals surface area contributed by atoms with Crippen molar-refractivity contribution in [3.63, 3.8) is 0 Å². The number of carbonyl (C=O) groups excluding carboxylic acids is 1. The second-order valence-electron chi connectivity index (χ2n) is 3.39. The number of aromatic carboxylic acids is 1. The smallest absolute Gasteiger partial charge is 0.356 e. The van der Waals surface area contributed by atoms with Gasteiger partial charge >= 0.3 is 5.97 Å². The van der Waals surface area contributed by atoms with E-state index < -0.39 is 21.7 Å². The van der Waals surface area contributed by atoms with Crippen LogP contribution in [0.15, 0.2) is 9.72 Å². The van der Waals surface area contributed by atoms with Crippen LogP contribution in [-0.2, 0) is 14.8 Å². The fraction of sp³-hybridized carbons (Fsp3) is 0.444. The van der Waals surface area contributed by atoms with Gasteiger partial charge in [0.1, 0.15) is 0 Å². The van der Waals surface area contributed by atoms with E-state index in [2.05, 4.69) is 15.0 Å². The molecule has 0 saturated heterocycles. The molecule has 1 rings (SSSR count). The third-order valence-corrected chi connectivity index (χ3v) is 4.83. The van der Waals surface area contributed by atoms with E-state index in [4.69, 9.17) is 5.11 Å². The van der Waals surface area contributed by atoms with Crippen LogP contribution in [-0.4, -0.2) is 43.5 Å². The Morgan fingerprint density at radius 2 is 2.16 bits per heavy atom. The zero-order valence-electron chi connectivity index (χ0n) is 10.0. The molecule has 0 bridgehead atoms. The third-order valence-electron chi connectivity index (χ3n) is 2.00. The number of hydrogen-bond donors (Lipinski definition) is 3. The minimum atomic E-state index is -3.96. The topological polar surface area (TPSA) is 125 Å². The van der Waals surface area contributed by atoms with E-state index in [1.54, 1.807) is 6.92 Å². The van der Waals surface area contributed by atoms with Crippen LogP contribution in [0.2, 0.25) is 0 Å². The van der Waals surface area contributed by atoms with Crippen LogP contribution in [0.25, 0.3) is 0 Å². The van der Waals surface area contributed by atoms with Gasteiger partial charge in [0.15, 0.2) is 9.90 Å². The molecule has 0 aliphatic rings. The minimum absolute atomic E-state index is 0.0196. The Hall–Kier alpha value is -1.52. The van der Waals surface area contributed by atoms with Gasteiger partial charge in [-0.1, -0.05) is 0 Å². The van der Waals surface area contributed by atoms with Crippen LogP contribution < -0.4 is 10.0 Å². The summed E-state index contributed by atoms with van der Waals surface area (Å²) in [5.41, 5.74) is 0.623. The third kappa shape index (κ3) is 4.26. The van der Waals surface area contributed by atoms with Crippen molar-refractivity contribution >= 4 is 33.2 Å². The summed E-state index contributed by atoms with van der Waals surface area (Å²) in [6.45, 7) is 2.10. The number of hydrogen-bond acceptors (Lipinski definition) is 6. The van der Waals surface area contributed by atoms with Crippen LogP contribution >= 0.6 is 11.3 Å². The molecule has 0 fully saturated rings. The molecule has 0 saturated carbocycles. The zero-order chi connectivity index (χ0) is 14.5. The lowest BCUT2D eigenvalue weighted by molar-refractivity contribution is -0.120. The molecule has 1 heterocycles. The molecule has 0 aliphatic heterocycles. The highest BCUT2D eigenvalue weighted by Gasteiger charge is 2.25. The maximum atomic E-state index is 11.8. The molecule has 1 aromatic rings. The number of aromatic nitrogens is 1. The van der Waals surface area contributed by atoms with Gasteiger partial charge in [-0.2, -0.15) is 0 Å². The molecule has 1 aromatic heterocycles. The van der Waals surface area contributed by atoms with Crippen LogP contribution in [0.3, 0.4) is 0 Å². The normalized spacial score (nSPS) is 11.2. The van der Waals surface area contributed by atoms with Gasteiger partial charge in [-0.3, -0.25) is 4.79 Å². The fourth-order valence-corrected chi connectivity index (χ4v) is 3.43. The first-order valence-electron chi connectivity index (χ1n) is 5.31. The predicted molar refractivity (Wildman–Crippen MR) is 67.6 cm³/mol. The van der Waals surface area contributed by atoms with Crippen molar-refractivity contribution < 1.29 is 23.1 Å². The van der Waals surface area contributed by atoms with Gasteiger partial charge in [0.2, 0.25) is 5.91 Å². The predicted octanol–water partition coefficient (Wildman–Crippen LogP) is -0.354. The molecule has 3 N–H and O–H groups in total. The van der Waals surface area contributed by atoms with E-state index in [1.807, 2.05) is 0 Å². The monoisotopic (exact) mass is 307 g/mol. The zero-order valence-corrected chi connectivity index (χ0v) is 11.7. The number of carboxylic acid groups (broad SMARTS) is 1. The summed E-state index contributed by atoms with van der Waals surface area (Å²) in [6.07, 6.45) is -0.0196. The Morgan fingerprint density at radius 1 is 1.47 bits per heavy atom. The van der Waals surface area contributed by atoms with Crippen molar-refractivity contribution in [3.05, 3.63) is 11.2 Å². The molecule has 0 aromatic carbocycles. The highest BCUT2D eigenvalue weighted by Crippen LogP contribution is 2.19. The minimum Gasteiger partial charge on any atom is -0.476 e. The Morgan fingerprint density at radius 3 is 2.74 bits per heavy atom. The fourth-order valence-electron chi connectivity index (χ4n) is 1.22. The number of nitrogens with zero attached hydrogens (tertiary/aromatic N) is 1. The van der Waals surface area contributed by atoms with Gasteiger partial charge in [0.25, 0.3) is 10.0 Å². The lowest BCUT2D eigenvalue weighted by Crippen LogP contribution is -2.31. The maximum Gasteiger partial charge on any atom is 0.356 e. The van der Waals surface area contributed by atoms with Crippen molar-refractivity contribution in [2.24, 2.45) is 0 Å². The summed E-state index contributed by atoms with van der Waals surface area (Å²) in [7, 11) is -3.96. The van der Waals surface area contributed by atoms with Crippen molar-refractivity contribution in [3.8, 4) is 0 Å². The molecule has 19 heavy (non-hydrogen) atoms. The van der Waals surface area contributed by atoms with Crippen molar-refractivity contribution in [1.82, 2.24) is 15.0 Å². The van der Waals surface area contributed by atoms with Gasteiger partial charge in [0.05, 0.1) is 5.51 Å². The Bertz CT molecular complexity index is 566. The van der Waals surface area contributed by atoms with E-state index in [9.17, 15) is 18.0 Å². The molecule has 8 nitrogen and oxygen atoms in total. The molecule has 0 radical (unpaired) electrons. The van der Waals surface area contributed by atoms with Gasteiger partial charge in [0, 0.05) is 19.5 Å². The first kappa shape index (κ1) is 15.5. The lowest BCUT2D eigenvalue weighted by Gasteiger charge is -2.05. The van der Waals surface area contributed by atoms with Gasteiger partial charge < -0.3 is 10.4 Å². The second-order valence-corrected chi connectivity index (χ2v) is 6.21. The quantitative estimate of drug-likeness (QED) is 0.632. The molecular formula is C9H13N3O5S2. The number of nitrogens with one attached hydrogen (secondary N) is 2. The average Bonchev–Trinajstić information content (AvgIpc) is 2.78. The van der Waals surface area contributed by atoms with Crippen molar-refractivity contribution in [1.29, 1.82) is 0 Å². The second kappa shape index (κ2) is 6.59. The standard InChI is InChI=1S/C9H13N3O5S2/c1-2-10-6(13)3-4-12-19(16,17)9-7(8(14)15)11-5-18-9/h5,12H,2-4H2,1H3,(H,10,13)(H,14,15). The summed E-state index contributed by atoms with van der Waals surface area (Å²) in [5.74, 6) is -1.70. The molecule has 0 aliphatic carbocycles. The van der Waals surface area contributed by atoms with E-state index >= 15 is 0 Å². The number of carboxylic acids is 1. The van der Waals surface area contributed by atoms with E-state index in [0.29, 0.717) is 17.9 Å². The summed E-state index contributed by atoms with van der Waals surface area (Å²) in [5, 5.41) is 11.3. The van der Waals surface area contributed by atoms with Gasteiger partial charge in [-0.25, -0.2) is 22.9 Å². The van der Waals surface area contributed by atoms with Crippen LogP contribution in [0.1, 0.15) is 23.8 Å². The average molecular weight is 307 g/mol. The summed E-state index contributed by atoms with van der Waals surface area (Å²) < 4.78 is 25.4. The maximum absolute atomic E-state index is 11.8. The van der Waals surface area contributed by atoms with E-state index in [0.717, 1.165) is 5.51 Å². The number of amides is 1. The SMILES string of the molecule is CCNC(=O)CCNS(=O)(=O)c1scnc1C(=O)O. The summed E-state index contributed by atoms with van der Waals surface area (Å²) >= 11 is 0.711. The highest BCUT2D eigenvalue weighted by molar-refractivity contribution is 7.91. The van der Waals surface area contributed by atoms with Crippen molar-refractivity contribution in [2.45, 2.75) is 17.6 Å². The first-order valence-corrected chi connectivity index (χ1v) is 7.68. The van der Waals surface area contributed by atoms with Gasteiger partial charge in [-0.15, -0.1) is 11.3 Å². The van der Waals surface area contributed by atoms with Crippen LogP contribution in [0, 0.1) is 0 Å². The van der Waals surface area contributed by atoms with E-state index in [-0.39, 0.29) is 23.1 Å². The van der Waals surface area contributed by atoms with Crippen LogP contribution in [0.5, 0.6) is 0 Å². The highest BCUT2D eigenvalue weighted by atomic mass is 32.2. The van der Waals surface area contributed by atoms with E-state index in [1.165, 1.54) is 0 Å². The molecule has 0 spiro atoms. The molecule has 106 valence electrons. The van der Waals surface area contributed by atoms with Gasteiger partial charge in [-0.05, 0) is 6.92 Å². The largest absolute Gasteiger partial charge is 0.476 e. The molecule has 1 amide bonds. The molecule has 0 atom stereocenters. The van der Waals surface area contributed by atoms with Crippen LogP contribution in [0.4, 0.5) is 0 Å². The number of rotatable bonds is 7. The lowest BCUT2D eigenvalue weighted by atomic mass is 10.4. The molecule has 10 heteroatoms.